The van der Waals surface area contributed by atoms with Gasteiger partial charge >= 0.3 is 6.18 Å². The van der Waals surface area contributed by atoms with Gasteiger partial charge < -0.3 is 10.6 Å². The Morgan fingerprint density at radius 2 is 1.58 bits per heavy atom. The summed E-state index contributed by atoms with van der Waals surface area (Å²) in [6.07, 6.45) is 2.21. The molecule has 8 heteroatoms. The fourth-order valence-electron chi connectivity index (χ4n) is 4.17. The predicted octanol–water partition coefficient (Wildman–Crippen LogP) is 4.89. The molecule has 0 radical (unpaired) electrons. The normalized spacial score (nSPS) is 15.1. The van der Waals surface area contributed by atoms with Crippen molar-refractivity contribution in [2.45, 2.75) is 25.4 Å². The van der Waals surface area contributed by atoms with Crippen LogP contribution in [0.1, 0.15) is 24.1 Å². The monoisotopic (exact) mass is 455 g/mol. The van der Waals surface area contributed by atoms with Gasteiger partial charge in [-0.25, -0.2) is 4.98 Å². The molecule has 3 heterocycles. The molecule has 3 aromatic rings. The molecule has 4 rings (SSSR count). The molecular weight excluding hydrogens is 427 g/mol. The van der Waals surface area contributed by atoms with Gasteiger partial charge in [0.1, 0.15) is 5.82 Å². The molecule has 0 unspecified atom stereocenters. The van der Waals surface area contributed by atoms with Crippen molar-refractivity contribution in [2.24, 2.45) is 0 Å². The number of anilines is 2. The molecule has 1 fully saturated rings. The van der Waals surface area contributed by atoms with Crippen molar-refractivity contribution in [3.8, 4) is 11.1 Å². The number of pyridine rings is 2. The molecule has 0 aliphatic carbocycles. The third-order valence-electron chi connectivity index (χ3n) is 6.00. The summed E-state index contributed by atoms with van der Waals surface area (Å²) in [5.74, 6) is 0.499. The molecule has 0 spiro atoms. The summed E-state index contributed by atoms with van der Waals surface area (Å²) < 4.78 is 38.9. The molecule has 2 N–H and O–H groups in total. The maximum absolute atomic E-state index is 13.0. The molecule has 1 saturated heterocycles. The molecule has 1 aliphatic rings. The molecule has 33 heavy (non-hydrogen) atoms. The van der Waals surface area contributed by atoms with E-state index in [-0.39, 0.29) is 0 Å². The van der Waals surface area contributed by atoms with Crippen molar-refractivity contribution in [3.63, 3.8) is 0 Å². The van der Waals surface area contributed by atoms with Gasteiger partial charge in [-0.2, -0.15) is 13.2 Å². The second-order valence-electron chi connectivity index (χ2n) is 8.34. The van der Waals surface area contributed by atoms with Gasteiger partial charge in [-0.15, -0.1) is 0 Å². The van der Waals surface area contributed by atoms with E-state index in [2.05, 4.69) is 20.9 Å². The third-order valence-corrected chi connectivity index (χ3v) is 6.00. The highest BCUT2D eigenvalue weighted by Gasteiger charge is 2.31. The number of rotatable bonds is 7. The maximum Gasteiger partial charge on any atom is 0.416 e. The number of halogens is 3. The number of nitrogens with two attached hydrogens (primary N) is 1. The number of nitrogens with zero attached hydrogens (tertiary/aromatic N) is 4. The Kier molecular flexibility index (Phi) is 7.13. The van der Waals surface area contributed by atoms with Crippen LogP contribution in [0.5, 0.6) is 0 Å². The van der Waals surface area contributed by atoms with Crippen LogP contribution >= 0.6 is 0 Å². The molecule has 1 aliphatic heterocycles. The van der Waals surface area contributed by atoms with E-state index in [0.717, 1.165) is 74.9 Å². The molecule has 0 amide bonds. The minimum Gasteiger partial charge on any atom is -0.384 e. The van der Waals surface area contributed by atoms with Crippen LogP contribution < -0.4 is 10.6 Å². The van der Waals surface area contributed by atoms with Gasteiger partial charge in [-0.05, 0) is 79.4 Å². The first-order chi connectivity index (χ1) is 15.9. The number of hydrogen-bond donors (Lipinski definition) is 1. The predicted molar refractivity (Wildman–Crippen MR) is 125 cm³/mol. The second kappa shape index (κ2) is 10.2. The Bertz CT molecular complexity index is 1060. The van der Waals surface area contributed by atoms with Crippen LogP contribution in [0.3, 0.4) is 0 Å². The van der Waals surface area contributed by atoms with Crippen molar-refractivity contribution in [2.75, 3.05) is 43.4 Å². The zero-order valence-electron chi connectivity index (χ0n) is 18.4. The van der Waals surface area contributed by atoms with Gasteiger partial charge in [0.25, 0.3) is 0 Å². The van der Waals surface area contributed by atoms with Crippen LogP contribution in [-0.2, 0) is 12.6 Å². The molecule has 2 aromatic heterocycles. The first kappa shape index (κ1) is 23.0. The van der Waals surface area contributed by atoms with Gasteiger partial charge in [0.2, 0.25) is 0 Å². The summed E-state index contributed by atoms with van der Waals surface area (Å²) in [7, 11) is 0. The van der Waals surface area contributed by atoms with Crippen molar-refractivity contribution >= 4 is 11.5 Å². The lowest BCUT2D eigenvalue weighted by Crippen LogP contribution is -2.46. The first-order valence-electron chi connectivity index (χ1n) is 11.2. The average molecular weight is 456 g/mol. The summed E-state index contributed by atoms with van der Waals surface area (Å²) in [6.45, 7) is 4.16. The number of unbranched alkanes of at least 4 members (excludes halogenated alkanes) is 1. The number of piperazine rings is 1. The maximum atomic E-state index is 13.0. The van der Waals surface area contributed by atoms with Crippen LogP contribution in [0.15, 0.2) is 60.9 Å². The number of aromatic nitrogens is 2. The van der Waals surface area contributed by atoms with E-state index >= 15 is 0 Å². The minimum absolute atomic E-state index is 0.499. The Balaban J connectivity index is 1.22. The summed E-state index contributed by atoms with van der Waals surface area (Å²) in [5.41, 5.74) is 9.01. The Morgan fingerprint density at radius 1 is 0.848 bits per heavy atom. The molecule has 0 saturated carbocycles. The molecular formula is C25H28F3N5. The highest BCUT2D eigenvalue weighted by atomic mass is 19.4. The van der Waals surface area contributed by atoms with Crippen LogP contribution in [0.25, 0.3) is 11.1 Å². The van der Waals surface area contributed by atoms with Crippen molar-refractivity contribution < 1.29 is 13.2 Å². The van der Waals surface area contributed by atoms with Gasteiger partial charge in [0.15, 0.2) is 0 Å². The van der Waals surface area contributed by atoms with Crippen molar-refractivity contribution in [3.05, 3.63) is 72.2 Å². The Hall–Kier alpha value is -3.13. The highest BCUT2D eigenvalue weighted by molar-refractivity contribution is 5.65. The summed E-state index contributed by atoms with van der Waals surface area (Å²) in [6, 6.07) is 13.5. The fraction of sp³-hybridized carbons (Fsp3) is 0.360. The van der Waals surface area contributed by atoms with E-state index in [0.29, 0.717) is 11.5 Å². The van der Waals surface area contributed by atoms with E-state index in [1.54, 1.807) is 12.3 Å². The number of aryl methyl sites for hydroxylation is 1. The van der Waals surface area contributed by atoms with Gasteiger partial charge in [-0.1, -0.05) is 6.07 Å². The zero-order valence-corrected chi connectivity index (χ0v) is 18.4. The summed E-state index contributed by atoms with van der Waals surface area (Å²) in [4.78, 5) is 12.9. The molecule has 1 aromatic carbocycles. The van der Waals surface area contributed by atoms with Crippen LogP contribution in [-0.4, -0.2) is 47.6 Å². The van der Waals surface area contributed by atoms with E-state index in [1.165, 1.54) is 12.1 Å². The smallest absolute Gasteiger partial charge is 0.384 e. The van der Waals surface area contributed by atoms with Gasteiger partial charge in [0, 0.05) is 50.0 Å². The van der Waals surface area contributed by atoms with E-state index in [1.807, 2.05) is 29.3 Å². The van der Waals surface area contributed by atoms with E-state index in [9.17, 15) is 13.2 Å². The van der Waals surface area contributed by atoms with Crippen molar-refractivity contribution in [1.29, 1.82) is 0 Å². The zero-order chi connectivity index (χ0) is 23.3. The minimum atomic E-state index is -4.31. The van der Waals surface area contributed by atoms with Gasteiger partial charge in [-0.3, -0.25) is 9.88 Å². The van der Waals surface area contributed by atoms with Crippen molar-refractivity contribution in [1.82, 2.24) is 14.9 Å². The summed E-state index contributed by atoms with van der Waals surface area (Å²) in [5, 5.41) is 0. The number of nitrogen functional groups attached to an aromatic ring is 1. The third kappa shape index (κ3) is 6.22. The topological polar surface area (TPSA) is 58.3 Å². The fourth-order valence-corrected chi connectivity index (χ4v) is 4.17. The van der Waals surface area contributed by atoms with Gasteiger partial charge in [0.05, 0.1) is 5.56 Å². The van der Waals surface area contributed by atoms with Crippen LogP contribution in [0.2, 0.25) is 0 Å². The molecule has 5 nitrogen and oxygen atoms in total. The SMILES string of the molecule is Nc1cc(-c2ccnc(CCCCN3CCN(c4cccc(C(F)(F)F)c4)CC3)c2)ccn1. The molecule has 174 valence electrons. The van der Waals surface area contributed by atoms with E-state index in [4.69, 9.17) is 5.73 Å². The summed E-state index contributed by atoms with van der Waals surface area (Å²) >= 11 is 0. The standard InChI is InChI=1S/C25H28F3N5/c26-25(27,28)21-4-3-6-23(18-21)33-14-12-32(13-15-33)11-2-1-5-22-16-19(7-9-30-22)20-8-10-31-24(29)17-20/h3-4,6-10,16-18H,1-2,5,11-15H2,(H2,29,31). The number of alkyl halides is 3. The number of hydrogen-bond acceptors (Lipinski definition) is 5. The lowest BCUT2D eigenvalue weighted by atomic mass is 10.1. The largest absolute Gasteiger partial charge is 0.416 e. The number of benzene rings is 1. The molecule has 0 atom stereocenters. The quantitative estimate of drug-likeness (QED) is 0.514. The average Bonchev–Trinajstić information content (AvgIpc) is 2.82. The van der Waals surface area contributed by atoms with Crippen LogP contribution in [0.4, 0.5) is 24.7 Å². The lowest BCUT2D eigenvalue weighted by Gasteiger charge is -2.36. The Labute approximate surface area is 192 Å². The van der Waals surface area contributed by atoms with E-state index < -0.39 is 11.7 Å². The highest BCUT2D eigenvalue weighted by Crippen LogP contribution is 2.32. The van der Waals surface area contributed by atoms with Crippen LogP contribution in [0, 0.1) is 0 Å². The molecule has 0 bridgehead atoms. The lowest BCUT2D eigenvalue weighted by molar-refractivity contribution is -0.137. The second-order valence-corrected chi connectivity index (χ2v) is 8.34. The Morgan fingerprint density at radius 3 is 2.30 bits per heavy atom. The first-order valence-corrected chi connectivity index (χ1v) is 11.2.